The van der Waals surface area contributed by atoms with Crippen molar-refractivity contribution >= 4 is 34.6 Å². The van der Waals surface area contributed by atoms with Crippen molar-refractivity contribution in [1.29, 1.82) is 0 Å². The molecule has 2 aliphatic heterocycles. The van der Waals surface area contributed by atoms with Gasteiger partial charge in [-0.15, -0.1) is 22.7 Å². The number of carbonyl (C=O) groups excluding carboxylic acids is 1. The van der Waals surface area contributed by atoms with Gasteiger partial charge in [-0.3, -0.25) is 14.7 Å². The third-order valence-electron chi connectivity index (χ3n) is 5.78. The zero-order chi connectivity index (χ0) is 23.4. The number of aliphatic carboxylic acids is 1. The Kier molecular flexibility index (Phi) is 7.88. The number of carboxylic acid groups (broad SMARTS) is 1. The molecular formula is C20H25F3N4O3S2. The average molecular weight is 491 g/mol. The molecule has 1 amide bonds. The summed E-state index contributed by atoms with van der Waals surface area (Å²) in [5.41, 5.74) is 1.91. The fourth-order valence-electron chi connectivity index (χ4n) is 4.22. The number of carboxylic acids is 1. The quantitative estimate of drug-likeness (QED) is 0.695. The van der Waals surface area contributed by atoms with Crippen molar-refractivity contribution in [2.75, 3.05) is 13.1 Å². The number of aryl methyl sites for hydroxylation is 1. The Balaban J connectivity index is 0.000000360. The second kappa shape index (κ2) is 10.3. The van der Waals surface area contributed by atoms with Gasteiger partial charge in [-0.05, 0) is 39.2 Å². The van der Waals surface area contributed by atoms with Gasteiger partial charge >= 0.3 is 12.1 Å². The molecule has 4 rings (SSSR count). The predicted octanol–water partition coefficient (Wildman–Crippen LogP) is 4.09. The van der Waals surface area contributed by atoms with E-state index in [1.54, 1.807) is 22.7 Å². The number of halogens is 3. The first-order valence-corrected chi connectivity index (χ1v) is 11.9. The minimum atomic E-state index is -5.08. The van der Waals surface area contributed by atoms with E-state index in [0.29, 0.717) is 12.3 Å². The van der Waals surface area contributed by atoms with E-state index in [-0.39, 0.29) is 5.54 Å². The summed E-state index contributed by atoms with van der Waals surface area (Å²) in [5.74, 6) is -2.44. The molecule has 1 atom stereocenters. The van der Waals surface area contributed by atoms with E-state index in [0.717, 1.165) is 56.9 Å². The average Bonchev–Trinajstić information content (AvgIpc) is 3.41. The molecule has 7 nitrogen and oxygen atoms in total. The van der Waals surface area contributed by atoms with Gasteiger partial charge < -0.3 is 10.0 Å². The van der Waals surface area contributed by atoms with Crippen LogP contribution in [0.25, 0.3) is 0 Å². The number of hydrogen-bond acceptors (Lipinski definition) is 7. The molecule has 12 heteroatoms. The van der Waals surface area contributed by atoms with Crippen LogP contribution in [0, 0.1) is 6.92 Å². The van der Waals surface area contributed by atoms with Gasteiger partial charge in [-0.1, -0.05) is 0 Å². The van der Waals surface area contributed by atoms with E-state index in [1.165, 1.54) is 9.75 Å². The second-order valence-corrected chi connectivity index (χ2v) is 10.2. The maximum Gasteiger partial charge on any atom is 0.490 e. The lowest BCUT2D eigenvalue weighted by Crippen LogP contribution is -2.45. The van der Waals surface area contributed by atoms with E-state index in [4.69, 9.17) is 9.90 Å². The van der Waals surface area contributed by atoms with E-state index in [1.807, 2.05) is 17.9 Å². The summed E-state index contributed by atoms with van der Waals surface area (Å²) in [4.78, 5) is 37.2. The Labute approximate surface area is 191 Å². The molecule has 2 aromatic rings. The highest BCUT2D eigenvalue weighted by atomic mass is 32.1. The Morgan fingerprint density at radius 3 is 2.53 bits per heavy atom. The summed E-state index contributed by atoms with van der Waals surface area (Å²) in [7, 11) is 0. The van der Waals surface area contributed by atoms with Crippen LogP contribution in [0.2, 0.25) is 0 Å². The largest absolute Gasteiger partial charge is 0.490 e. The van der Waals surface area contributed by atoms with E-state index >= 15 is 0 Å². The minimum Gasteiger partial charge on any atom is -0.475 e. The first kappa shape index (κ1) is 24.6. The van der Waals surface area contributed by atoms with Crippen molar-refractivity contribution in [3.05, 3.63) is 32.7 Å². The summed E-state index contributed by atoms with van der Waals surface area (Å²) >= 11 is 3.44. The number of nitrogens with zero attached hydrogens (tertiary/aromatic N) is 4. The van der Waals surface area contributed by atoms with Crippen molar-refractivity contribution in [3.8, 4) is 0 Å². The molecule has 0 radical (unpaired) electrons. The SMILES string of the molecule is Cc1ncc(CN2CCCC3(CCC(=O)N3Cc3cncs3)CC2)s1.O=C(O)C(F)(F)F. The zero-order valence-electron chi connectivity index (χ0n) is 17.6. The first-order chi connectivity index (χ1) is 15.1. The predicted molar refractivity (Wildman–Crippen MR) is 114 cm³/mol. The number of aromatic nitrogens is 2. The van der Waals surface area contributed by atoms with Crippen molar-refractivity contribution in [2.45, 2.75) is 63.8 Å². The summed E-state index contributed by atoms with van der Waals surface area (Å²) in [6.45, 7) is 5.96. The molecule has 0 saturated carbocycles. The molecule has 2 aliphatic rings. The summed E-state index contributed by atoms with van der Waals surface area (Å²) in [5, 5.41) is 8.26. The number of likely N-dealkylation sites (tertiary alicyclic amines) is 2. The highest BCUT2D eigenvalue weighted by Crippen LogP contribution is 2.40. The van der Waals surface area contributed by atoms with Gasteiger partial charge in [-0.2, -0.15) is 13.2 Å². The summed E-state index contributed by atoms with van der Waals surface area (Å²) in [6, 6.07) is 0. The Morgan fingerprint density at radius 2 is 1.94 bits per heavy atom. The topological polar surface area (TPSA) is 86.6 Å². The fraction of sp³-hybridized carbons (Fsp3) is 0.600. The summed E-state index contributed by atoms with van der Waals surface area (Å²) in [6.07, 6.45) is 3.90. The Bertz CT molecular complexity index is 920. The van der Waals surface area contributed by atoms with Crippen LogP contribution in [0.15, 0.2) is 17.9 Å². The molecular weight excluding hydrogens is 465 g/mol. The van der Waals surface area contributed by atoms with E-state index < -0.39 is 12.1 Å². The second-order valence-electron chi connectivity index (χ2n) is 7.95. The lowest BCUT2D eigenvalue weighted by Gasteiger charge is -2.38. The first-order valence-electron chi connectivity index (χ1n) is 10.2. The fourth-order valence-corrected chi connectivity index (χ4v) is 5.64. The lowest BCUT2D eigenvalue weighted by atomic mass is 9.87. The van der Waals surface area contributed by atoms with Crippen LogP contribution in [-0.2, 0) is 22.7 Å². The van der Waals surface area contributed by atoms with Gasteiger partial charge in [0.05, 0.1) is 17.1 Å². The van der Waals surface area contributed by atoms with Crippen molar-refractivity contribution in [2.24, 2.45) is 0 Å². The van der Waals surface area contributed by atoms with Crippen molar-refractivity contribution in [3.63, 3.8) is 0 Å². The van der Waals surface area contributed by atoms with Crippen LogP contribution in [0.5, 0.6) is 0 Å². The molecule has 1 unspecified atom stereocenters. The molecule has 0 aromatic carbocycles. The zero-order valence-corrected chi connectivity index (χ0v) is 19.2. The summed E-state index contributed by atoms with van der Waals surface area (Å²) < 4.78 is 31.7. The molecule has 0 bridgehead atoms. The third-order valence-corrected chi connectivity index (χ3v) is 7.44. The van der Waals surface area contributed by atoms with Gasteiger partial charge in [0.15, 0.2) is 0 Å². The normalized spacial score (nSPS) is 22.0. The molecule has 176 valence electrons. The highest BCUT2D eigenvalue weighted by molar-refractivity contribution is 7.11. The maximum absolute atomic E-state index is 12.6. The molecule has 1 N–H and O–H groups in total. The molecule has 0 aliphatic carbocycles. The minimum absolute atomic E-state index is 0.0550. The van der Waals surface area contributed by atoms with E-state index in [2.05, 4.69) is 26.7 Å². The van der Waals surface area contributed by atoms with Crippen LogP contribution in [0.3, 0.4) is 0 Å². The van der Waals surface area contributed by atoms with Crippen LogP contribution < -0.4 is 0 Å². The number of amides is 1. The third kappa shape index (κ3) is 6.26. The molecule has 1 spiro atoms. The van der Waals surface area contributed by atoms with Gasteiger partial charge in [0.25, 0.3) is 0 Å². The van der Waals surface area contributed by atoms with Crippen molar-refractivity contribution < 1.29 is 27.9 Å². The molecule has 2 saturated heterocycles. The molecule has 2 aromatic heterocycles. The number of hydrogen-bond donors (Lipinski definition) is 1. The lowest BCUT2D eigenvalue weighted by molar-refractivity contribution is -0.192. The number of rotatable bonds is 4. The maximum atomic E-state index is 12.6. The van der Waals surface area contributed by atoms with Gasteiger partial charge in [0.2, 0.25) is 5.91 Å². The van der Waals surface area contributed by atoms with Crippen LogP contribution in [0.4, 0.5) is 13.2 Å². The monoisotopic (exact) mass is 490 g/mol. The molecule has 32 heavy (non-hydrogen) atoms. The van der Waals surface area contributed by atoms with Crippen LogP contribution in [0.1, 0.15) is 46.9 Å². The van der Waals surface area contributed by atoms with Gasteiger partial charge in [-0.25, -0.2) is 9.78 Å². The van der Waals surface area contributed by atoms with E-state index in [9.17, 15) is 18.0 Å². The standard InChI is InChI=1S/C18H24N4OS2.C2HF3O2/c1-14-20-10-16(25-14)11-21-7-2-4-18(6-8-21)5-3-17(23)22(18)12-15-9-19-13-24-15;3-2(4,5)1(6)7/h9-10,13H,2-8,11-12H2,1H3;(H,6,7). The van der Waals surface area contributed by atoms with Crippen LogP contribution in [-0.4, -0.2) is 61.6 Å². The number of alkyl halides is 3. The Hall–Kier alpha value is -2.05. The molecule has 4 heterocycles. The smallest absolute Gasteiger partial charge is 0.475 e. The van der Waals surface area contributed by atoms with Crippen LogP contribution >= 0.6 is 22.7 Å². The highest BCUT2D eigenvalue weighted by Gasteiger charge is 2.45. The number of thiazole rings is 2. The Morgan fingerprint density at radius 1 is 1.19 bits per heavy atom. The van der Waals surface area contributed by atoms with Gasteiger partial charge in [0.1, 0.15) is 0 Å². The number of carbonyl (C=O) groups is 2. The molecule has 2 fully saturated rings. The van der Waals surface area contributed by atoms with Crippen molar-refractivity contribution in [1.82, 2.24) is 19.8 Å². The van der Waals surface area contributed by atoms with Gasteiger partial charge in [0, 0.05) is 47.2 Å².